The van der Waals surface area contributed by atoms with Gasteiger partial charge in [-0.3, -0.25) is 19.4 Å². The van der Waals surface area contributed by atoms with Gasteiger partial charge in [0, 0.05) is 50.3 Å². The predicted octanol–water partition coefficient (Wildman–Crippen LogP) is 4.32. The van der Waals surface area contributed by atoms with E-state index >= 15 is 0 Å². The molecule has 1 aliphatic carbocycles. The number of Topliss-reactive ketones (excluding diaryl/α,β-unsaturated/α-hetero) is 1. The first-order chi connectivity index (χ1) is 13.0. The Morgan fingerprint density at radius 1 is 1.18 bits per heavy atom. The van der Waals surface area contributed by atoms with E-state index < -0.39 is 0 Å². The van der Waals surface area contributed by atoms with Gasteiger partial charge in [0.05, 0.1) is 20.2 Å². The summed E-state index contributed by atoms with van der Waals surface area (Å²) in [6.07, 6.45) is 0.343. The summed E-state index contributed by atoms with van der Waals surface area (Å²) in [7, 11) is 0. The van der Waals surface area contributed by atoms with E-state index in [0.717, 1.165) is 51.4 Å². The van der Waals surface area contributed by atoms with Crippen LogP contribution in [-0.4, -0.2) is 54.2 Å². The first-order valence-electron chi connectivity index (χ1n) is 8.77. The monoisotopic (exact) mass is 567 g/mol. The second-order valence-electron chi connectivity index (χ2n) is 6.87. The molecule has 5 nitrogen and oxygen atoms in total. The van der Waals surface area contributed by atoms with Crippen LogP contribution in [0.25, 0.3) is 0 Å². The van der Waals surface area contributed by atoms with Gasteiger partial charge in [-0.2, -0.15) is 11.3 Å². The largest absolute Gasteiger partial charge is 0.348 e. The molecule has 1 fully saturated rings. The lowest BCUT2D eigenvalue weighted by atomic mass is 10.2. The number of nitrogens with zero attached hydrogens (tertiary/aromatic N) is 2. The van der Waals surface area contributed by atoms with Gasteiger partial charge in [-0.15, -0.1) is 23.7 Å². The Morgan fingerprint density at radius 3 is 2.57 bits per heavy atom. The summed E-state index contributed by atoms with van der Waals surface area (Å²) >= 11 is 10.2. The summed E-state index contributed by atoms with van der Waals surface area (Å²) in [5, 5.41) is 7.36. The Kier molecular flexibility index (Phi) is 7.74. The highest BCUT2D eigenvalue weighted by atomic mass is 79.9. The molecule has 1 unspecified atom stereocenters. The van der Waals surface area contributed by atoms with Crippen LogP contribution in [0.3, 0.4) is 0 Å². The van der Waals surface area contributed by atoms with Crippen molar-refractivity contribution in [3.8, 4) is 0 Å². The zero-order chi connectivity index (χ0) is 19.0. The summed E-state index contributed by atoms with van der Waals surface area (Å²) in [4.78, 5) is 29.4. The maximum atomic E-state index is 12.5. The maximum absolute atomic E-state index is 12.5. The van der Waals surface area contributed by atoms with Gasteiger partial charge in [0.2, 0.25) is 5.91 Å². The van der Waals surface area contributed by atoms with Crippen LogP contribution < -0.4 is 5.32 Å². The molecule has 10 heteroatoms. The highest BCUT2D eigenvalue weighted by molar-refractivity contribution is 9.12. The van der Waals surface area contributed by atoms with Crippen molar-refractivity contribution in [2.45, 2.75) is 19.0 Å². The highest BCUT2D eigenvalue weighted by Crippen LogP contribution is 2.46. The van der Waals surface area contributed by atoms with E-state index in [0.29, 0.717) is 13.0 Å². The predicted molar refractivity (Wildman–Crippen MR) is 123 cm³/mol. The number of piperazine rings is 1. The number of amides is 1. The number of hydrogen-bond donors (Lipinski definition) is 1. The second kappa shape index (κ2) is 9.68. The number of carbonyl (C=O) groups excluding carboxylic acids is 2. The maximum Gasteiger partial charge on any atom is 0.234 e. The molecule has 1 atom stereocenters. The molecule has 0 spiro atoms. The number of fused-ring (bicyclic) bond motifs is 1. The first-order valence-corrected chi connectivity index (χ1v) is 12.1. The lowest BCUT2D eigenvalue weighted by Gasteiger charge is -2.34. The van der Waals surface area contributed by atoms with E-state index in [1.54, 1.807) is 11.3 Å². The van der Waals surface area contributed by atoms with Crippen LogP contribution in [0.15, 0.2) is 24.4 Å². The summed E-state index contributed by atoms with van der Waals surface area (Å²) in [6, 6.07) is 1.94. The van der Waals surface area contributed by atoms with Crippen LogP contribution in [0.1, 0.15) is 33.9 Å². The number of thiophene rings is 2. The minimum Gasteiger partial charge on any atom is -0.348 e. The molecule has 1 saturated heterocycles. The second-order valence-corrected chi connectivity index (χ2v) is 11.3. The Hall–Kier alpha value is -0.290. The topological polar surface area (TPSA) is 52.7 Å². The number of halogens is 3. The fourth-order valence-corrected chi connectivity index (χ4v) is 7.69. The Labute approximate surface area is 195 Å². The summed E-state index contributed by atoms with van der Waals surface area (Å²) in [5.74, 6) is 0.0762. The smallest absolute Gasteiger partial charge is 0.234 e. The fraction of sp³-hybridized carbons (Fsp3) is 0.444. The third-order valence-electron chi connectivity index (χ3n) is 5.03. The van der Waals surface area contributed by atoms with Crippen molar-refractivity contribution >= 4 is 78.6 Å². The molecule has 1 aliphatic heterocycles. The van der Waals surface area contributed by atoms with E-state index in [9.17, 15) is 9.59 Å². The molecule has 1 N–H and O–H groups in total. The van der Waals surface area contributed by atoms with E-state index in [4.69, 9.17) is 0 Å². The lowest BCUT2D eigenvalue weighted by molar-refractivity contribution is -0.123. The fourth-order valence-electron chi connectivity index (χ4n) is 3.66. The molecule has 1 amide bonds. The summed E-state index contributed by atoms with van der Waals surface area (Å²) in [6.45, 7) is 5.09. The number of carbonyl (C=O) groups is 2. The molecular formula is C18H20Br2ClN3O2S2. The van der Waals surface area contributed by atoms with E-state index in [1.165, 1.54) is 16.9 Å². The molecule has 0 bridgehead atoms. The van der Waals surface area contributed by atoms with Gasteiger partial charge in [0.25, 0.3) is 0 Å². The molecule has 28 heavy (non-hydrogen) atoms. The van der Waals surface area contributed by atoms with Crippen molar-refractivity contribution in [2.75, 3.05) is 32.7 Å². The SMILES string of the molecule is Cl.O=C(CN1CCN(Cc2ccsc2)CC1)NC1CC(=O)c2c(Br)sc(Br)c21. The van der Waals surface area contributed by atoms with E-state index in [1.807, 2.05) is 0 Å². The first kappa shape index (κ1) is 22.4. The molecular weight excluding hydrogens is 550 g/mol. The quantitative estimate of drug-likeness (QED) is 0.583. The van der Waals surface area contributed by atoms with E-state index in [-0.39, 0.29) is 30.1 Å². The molecule has 0 aromatic carbocycles. The average molecular weight is 570 g/mol. The minimum absolute atomic E-state index is 0. The van der Waals surface area contributed by atoms with Gasteiger partial charge in [-0.1, -0.05) is 0 Å². The normalized spacial score (nSPS) is 20.1. The molecule has 2 aromatic rings. The van der Waals surface area contributed by atoms with E-state index in [2.05, 4.69) is 63.8 Å². The molecule has 2 aromatic heterocycles. The van der Waals surface area contributed by atoms with Crippen molar-refractivity contribution in [2.24, 2.45) is 0 Å². The number of hydrogen-bond acceptors (Lipinski definition) is 6. The van der Waals surface area contributed by atoms with Crippen LogP contribution in [-0.2, 0) is 11.3 Å². The lowest BCUT2D eigenvalue weighted by Crippen LogP contribution is -2.49. The van der Waals surface area contributed by atoms with Crippen LogP contribution in [0.5, 0.6) is 0 Å². The van der Waals surface area contributed by atoms with Gasteiger partial charge < -0.3 is 5.32 Å². The van der Waals surface area contributed by atoms with Crippen molar-refractivity contribution < 1.29 is 9.59 Å². The van der Waals surface area contributed by atoms with Gasteiger partial charge >= 0.3 is 0 Å². The third kappa shape index (κ3) is 4.88. The summed E-state index contributed by atoms with van der Waals surface area (Å²) < 4.78 is 1.76. The van der Waals surface area contributed by atoms with Gasteiger partial charge in [0.15, 0.2) is 5.78 Å². The van der Waals surface area contributed by atoms with Gasteiger partial charge in [-0.05, 0) is 54.2 Å². The van der Waals surface area contributed by atoms with Gasteiger partial charge in [0.1, 0.15) is 0 Å². The molecule has 3 heterocycles. The number of nitrogens with one attached hydrogen (secondary N) is 1. The van der Waals surface area contributed by atoms with Gasteiger partial charge in [-0.25, -0.2) is 0 Å². The minimum atomic E-state index is -0.225. The average Bonchev–Trinajstić information content (AvgIpc) is 3.30. The summed E-state index contributed by atoms with van der Waals surface area (Å²) in [5.41, 5.74) is 3.01. The number of ketones is 1. The Balaban J connectivity index is 0.00000225. The Bertz CT molecular complexity index is 851. The van der Waals surface area contributed by atoms with Crippen LogP contribution in [0.4, 0.5) is 0 Å². The highest BCUT2D eigenvalue weighted by Gasteiger charge is 2.36. The third-order valence-corrected chi connectivity index (χ3v) is 8.34. The molecule has 2 aliphatic rings. The molecule has 0 radical (unpaired) electrons. The van der Waals surface area contributed by atoms with Crippen LogP contribution >= 0.6 is 66.9 Å². The molecule has 152 valence electrons. The zero-order valence-electron chi connectivity index (χ0n) is 15.0. The van der Waals surface area contributed by atoms with Crippen LogP contribution in [0, 0.1) is 0 Å². The van der Waals surface area contributed by atoms with Crippen LogP contribution in [0.2, 0.25) is 0 Å². The van der Waals surface area contributed by atoms with Crippen molar-refractivity contribution in [1.82, 2.24) is 15.1 Å². The molecule has 4 rings (SSSR count). The number of rotatable bonds is 5. The zero-order valence-corrected chi connectivity index (χ0v) is 20.6. The molecule has 0 saturated carbocycles. The van der Waals surface area contributed by atoms with Crippen molar-refractivity contribution in [3.05, 3.63) is 41.1 Å². The van der Waals surface area contributed by atoms with Crippen molar-refractivity contribution in [1.29, 1.82) is 0 Å². The standard InChI is InChI=1S/C18H19Br2N3O2S2.ClH/c19-17-15-12(7-13(24)16(15)18(20)27-17)21-14(25)9-23-4-2-22(3-5-23)8-11-1-6-26-10-11;/h1,6,10,12H,2-5,7-9H2,(H,21,25);1H. The Morgan fingerprint density at radius 2 is 1.89 bits per heavy atom. The van der Waals surface area contributed by atoms with Crippen molar-refractivity contribution in [3.63, 3.8) is 0 Å².